The first-order valence-corrected chi connectivity index (χ1v) is 9.92. The lowest BCUT2D eigenvalue weighted by Crippen LogP contribution is -2.51. The second-order valence-corrected chi connectivity index (χ2v) is 8.11. The van der Waals surface area contributed by atoms with Gasteiger partial charge in [0.1, 0.15) is 11.6 Å². The van der Waals surface area contributed by atoms with Crippen LogP contribution in [0.5, 0.6) is 0 Å². The van der Waals surface area contributed by atoms with Gasteiger partial charge in [0.25, 0.3) is 5.92 Å². The van der Waals surface area contributed by atoms with Gasteiger partial charge in [-0.3, -0.25) is 4.79 Å². The van der Waals surface area contributed by atoms with Crippen molar-refractivity contribution >= 4 is 17.5 Å². The van der Waals surface area contributed by atoms with Crippen LogP contribution in [0.25, 0.3) is 0 Å². The third kappa shape index (κ3) is 4.14. The summed E-state index contributed by atoms with van der Waals surface area (Å²) >= 11 is 0. The fraction of sp³-hybridized carbons (Fsp3) is 0.722. The molecule has 3 aliphatic rings. The van der Waals surface area contributed by atoms with Gasteiger partial charge >= 0.3 is 6.18 Å². The standard InChI is InChI=1S/C18H23F5N6O/c19-17(20)4-6-27(10-17)13-7-14(26-16(25-13)18(21,22)23)28-8-11(24)12(9-28)29-5-2-1-3-15(29)30/h7,11-12H,1-6,8-10,24H2. The second-order valence-electron chi connectivity index (χ2n) is 8.11. The highest BCUT2D eigenvalue weighted by molar-refractivity contribution is 5.77. The monoisotopic (exact) mass is 434 g/mol. The molecule has 2 atom stereocenters. The molecule has 3 aliphatic heterocycles. The molecule has 0 aliphatic carbocycles. The normalized spacial score (nSPS) is 27.3. The SMILES string of the molecule is NC1CN(c2cc(N3CCC(F)(F)C3)nc(C(F)(F)F)n2)CC1N1CCCCC1=O. The van der Waals surface area contributed by atoms with Gasteiger partial charge in [-0.25, -0.2) is 18.7 Å². The fourth-order valence-electron chi connectivity index (χ4n) is 4.31. The molecule has 1 aromatic rings. The molecule has 0 bridgehead atoms. The van der Waals surface area contributed by atoms with Crippen LogP contribution in [-0.4, -0.2) is 71.5 Å². The van der Waals surface area contributed by atoms with Crippen molar-refractivity contribution in [2.24, 2.45) is 5.73 Å². The van der Waals surface area contributed by atoms with Crippen molar-refractivity contribution in [3.8, 4) is 0 Å². The number of hydrogen-bond donors (Lipinski definition) is 1. The van der Waals surface area contributed by atoms with Gasteiger partial charge in [0, 0.05) is 51.1 Å². The number of amides is 1. The minimum atomic E-state index is -4.82. The Hall–Kier alpha value is -2.24. The van der Waals surface area contributed by atoms with Crippen molar-refractivity contribution in [1.82, 2.24) is 14.9 Å². The highest BCUT2D eigenvalue weighted by atomic mass is 19.4. The van der Waals surface area contributed by atoms with Gasteiger partial charge in [-0.15, -0.1) is 0 Å². The summed E-state index contributed by atoms with van der Waals surface area (Å²) in [5.41, 5.74) is 6.21. The van der Waals surface area contributed by atoms with Crippen LogP contribution in [0.1, 0.15) is 31.5 Å². The van der Waals surface area contributed by atoms with Crippen LogP contribution in [-0.2, 0) is 11.0 Å². The molecule has 0 spiro atoms. The van der Waals surface area contributed by atoms with E-state index in [4.69, 9.17) is 5.73 Å². The maximum atomic E-state index is 13.6. The third-order valence-corrected chi connectivity index (χ3v) is 5.86. The number of aromatic nitrogens is 2. The van der Waals surface area contributed by atoms with E-state index in [1.165, 1.54) is 6.07 Å². The van der Waals surface area contributed by atoms with E-state index in [1.807, 2.05) is 0 Å². The van der Waals surface area contributed by atoms with Crippen molar-refractivity contribution < 1.29 is 26.7 Å². The molecule has 0 saturated carbocycles. The molecule has 7 nitrogen and oxygen atoms in total. The van der Waals surface area contributed by atoms with E-state index in [0.717, 1.165) is 17.7 Å². The van der Waals surface area contributed by atoms with Crippen LogP contribution in [0, 0.1) is 0 Å². The van der Waals surface area contributed by atoms with Crippen LogP contribution < -0.4 is 15.5 Å². The van der Waals surface area contributed by atoms with Crippen LogP contribution in [0.3, 0.4) is 0 Å². The number of piperidine rings is 1. The molecule has 166 valence electrons. The van der Waals surface area contributed by atoms with E-state index in [9.17, 15) is 26.7 Å². The topological polar surface area (TPSA) is 78.6 Å². The van der Waals surface area contributed by atoms with E-state index in [-0.39, 0.29) is 43.2 Å². The number of alkyl halides is 5. The predicted octanol–water partition coefficient (Wildman–Crippen LogP) is 1.87. The minimum absolute atomic E-state index is 0.0118. The quantitative estimate of drug-likeness (QED) is 0.732. The Kier molecular flexibility index (Phi) is 5.23. The predicted molar refractivity (Wildman–Crippen MR) is 98.4 cm³/mol. The number of anilines is 2. The lowest BCUT2D eigenvalue weighted by molar-refractivity contribution is -0.144. The van der Waals surface area contributed by atoms with Gasteiger partial charge in [-0.2, -0.15) is 13.2 Å². The number of nitrogens with two attached hydrogens (primary N) is 1. The van der Waals surface area contributed by atoms with Crippen molar-refractivity contribution in [1.29, 1.82) is 0 Å². The minimum Gasteiger partial charge on any atom is -0.353 e. The van der Waals surface area contributed by atoms with Crippen molar-refractivity contribution in [2.75, 3.05) is 42.5 Å². The van der Waals surface area contributed by atoms with Crippen LogP contribution in [0.15, 0.2) is 6.07 Å². The Morgan fingerprint density at radius 2 is 1.77 bits per heavy atom. The zero-order chi connectivity index (χ0) is 21.7. The Morgan fingerprint density at radius 1 is 1.07 bits per heavy atom. The molecule has 0 radical (unpaired) electrons. The summed E-state index contributed by atoms with van der Waals surface area (Å²) in [6, 6.07) is 0.515. The number of nitrogens with zero attached hydrogens (tertiary/aromatic N) is 5. The highest BCUT2D eigenvalue weighted by Gasteiger charge is 2.43. The van der Waals surface area contributed by atoms with Gasteiger partial charge < -0.3 is 20.4 Å². The lowest BCUT2D eigenvalue weighted by atomic mass is 10.1. The largest absolute Gasteiger partial charge is 0.451 e. The number of hydrogen-bond acceptors (Lipinski definition) is 6. The summed E-state index contributed by atoms with van der Waals surface area (Å²) in [6.07, 6.45) is -3.17. The molecule has 3 fully saturated rings. The van der Waals surface area contributed by atoms with E-state index in [0.29, 0.717) is 13.0 Å². The Labute approximate surface area is 170 Å². The third-order valence-electron chi connectivity index (χ3n) is 5.86. The number of carbonyl (C=O) groups excluding carboxylic acids is 1. The molecule has 12 heteroatoms. The zero-order valence-electron chi connectivity index (χ0n) is 16.2. The molecule has 4 rings (SSSR count). The first kappa shape index (κ1) is 21.0. The molecule has 3 saturated heterocycles. The summed E-state index contributed by atoms with van der Waals surface area (Å²) < 4.78 is 67.3. The number of halogens is 5. The van der Waals surface area contributed by atoms with Gasteiger partial charge in [-0.05, 0) is 12.8 Å². The second kappa shape index (κ2) is 7.47. The average Bonchev–Trinajstić information content (AvgIpc) is 3.23. The molecule has 1 aromatic heterocycles. The Bertz CT molecular complexity index is 819. The summed E-state index contributed by atoms with van der Waals surface area (Å²) in [4.78, 5) is 23.8. The van der Waals surface area contributed by atoms with Gasteiger partial charge in [-0.1, -0.05) is 0 Å². The van der Waals surface area contributed by atoms with E-state index >= 15 is 0 Å². The van der Waals surface area contributed by atoms with Crippen LogP contribution >= 0.6 is 0 Å². The van der Waals surface area contributed by atoms with Crippen molar-refractivity contribution in [3.63, 3.8) is 0 Å². The molecule has 4 heterocycles. The van der Waals surface area contributed by atoms with E-state index in [2.05, 4.69) is 9.97 Å². The van der Waals surface area contributed by atoms with Crippen molar-refractivity contribution in [3.05, 3.63) is 11.9 Å². The highest BCUT2D eigenvalue weighted by Crippen LogP contribution is 2.35. The summed E-state index contributed by atoms with van der Waals surface area (Å²) in [6.45, 7) is 0.224. The fourth-order valence-corrected chi connectivity index (χ4v) is 4.31. The lowest BCUT2D eigenvalue weighted by Gasteiger charge is -2.34. The van der Waals surface area contributed by atoms with Crippen LogP contribution in [0.4, 0.5) is 33.6 Å². The number of likely N-dealkylation sites (tertiary alicyclic amines) is 1. The van der Waals surface area contributed by atoms with E-state index in [1.54, 1.807) is 9.80 Å². The summed E-state index contributed by atoms with van der Waals surface area (Å²) in [5, 5.41) is 0. The molecule has 0 aromatic carbocycles. The van der Waals surface area contributed by atoms with Crippen molar-refractivity contribution in [2.45, 2.75) is 49.9 Å². The van der Waals surface area contributed by atoms with E-state index < -0.39 is 36.9 Å². The Balaban J connectivity index is 1.61. The maximum Gasteiger partial charge on any atom is 0.451 e. The van der Waals surface area contributed by atoms with Gasteiger partial charge in [0.15, 0.2) is 0 Å². The first-order chi connectivity index (χ1) is 14.0. The zero-order valence-corrected chi connectivity index (χ0v) is 16.2. The van der Waals surface area contributed by atoms with Gasteiger partial charge in [0.2, 0.25) is 11.7 Å². The summed E-state index contributed by atoms with van der Waals surface area (Å²) in [5.74, 6) is -4.57. The molecule has 2 unspecified atom stereocenters. The van der Waals surface area contributed by atoms with Gasteiger partial charge in [0.05, 0.1) is 12.6 Å². The maximum absolute atomic E-state index is 13.6. The molecular weight excluding hydrogens is 411 g/mol. The molecule has 1 amide bonds. The molecule has 2 N–H and O–H groups in total. The smallest absolute Gasteiger partial charge is 0.353 e. The Morgan fingerprint density at radius 3 is 2.37 bits per heavy atom. The molecule has 30 heavy (non-hydrogen) atoms. The summed E-state index contributed by atoms with van der Waals surface area (Å²) in [7, 11) is 0. The molecular formula is C18H23F5N6O. The van der Waals surface area contributed by atoms with Crippen LogP contribution in [0.2, 0.25) is 0 Å². The first-order valence-electron chi connectivity index (χ1n) is 9.92. The average molecular weight is 434 g/mol. The number of rotatable bonds is 3. The number of carbonyl (C=O) groups is 1.